The third-order valence-corrected chi connectivity index (χ3v) is 6.03. The molecule has 3 aromatic rings. The van der Waals surface area contributed by atoms with Gasteiger partial charge in [0.2, 0.25) is 5.91 Å². The molecule has 0 bridgehead atoms. The van der Waals surface area contributed by atoms with Crippen molar-refractivity contribution < 1.29 is 14.0 Å². The number of amides is 2. The van der Waals surface area contributed by atoms with Gasteiger partial charge >= 0.3 is 0 Å². The quantitative estimate of drug-likeness (QED) is 0.269. The van der Waals surface area contributed by atoms with E-state index in [0.717, 1.165) is 11.3 Å². The number of pyridine rings is 1. The lowest BCUT2D eigenvalue weighted by Crippen LogP contribution is -2.58. The van der Waals surface area contributed by atoms with Crippen molar-refractivity contribution >= 4 is 17.6 Å². The molecule has 190 valence electrons. The SMILES string of the molecule is NCCCN1C(=O)CNC[C@@H]1CNC(=O)c1ccc(-c2ccn[nH]2)nc1NCCc1cccc(F)c1. The molecule has 1 fully saturated rings. The van der Waals surface area contributed by atoms with E-state index in [2.05, 4.69) is 31.1 Å². The highest BCUT2D eigenvalue weighted by Gasteiger charge is 2.28. The van der Waals surface area contributed by atoms with Crippen LogP contribution in [0.4, 0.5) is 10.2 Å². The smallest absolute Gasteiger partial charge is 0.255 e. The Hall–Kier alpha value is -3.83. The average Bonchev–Trinajstić information content (AvgIpc) is 3.42. The standard InChI is InChI=1S/C25H31FN8O2/c26-18-4-1-3-17(13-18)7-10-29-24-20(5-6-21(32-24)22-8-11-31-33-22)25(36)30-15-19-14-28-16-23(35)34(19)12-2-9-27/h1,3-6,8,11,13,19,28H,2,7,9-10,12,14-16,27H2,(H,29,32)(H,30,36)(H,31,33)/t19-/m1/s1. The van der Waals surface area contributed by atoms with E-state index in [1.807, 2.05) is 6.07 Å². The number of halogens is 1. The Bertz CT molecular complexity index is 1170. The molecular weight excluding hydrogens is 463 g/mol. The van der Waals surface area contributed by atoms with Crippen molar-refractivity contribution in [3.8, 4) is 11.4 Å². The zero-order chi connectivity index (χ0) is 25.3. The van der Waals surface area contributed by atoms with Crippen LogP contribution in [-0.2, 0) is 11.2 Å². The van der Waals surface area contributed by atoms with Crippen LogP contribution >= 0.6 is 0 Å². The monoisotopic (exact) mass is 494 g/mol. The predicted molar refractivity (Wildman–Crippen MR) is 135 cm³/mol. The number of nitrogens with zero attached hydrogens (tertiary/aromatic N) is 3. The third kappa shape index (κ3) is 6.43. The first-order valence-electron chi connectivity index (χ1n) is 12.0. The van der Waals surface area contributed by atoms with Crippen LogP contribution in [-0.4, -0.2) is 77.2 Å². The van der Waals surface area contributed by atoms with E-state index < -0.39 is 0 Å². The first kappa shape index (κ1) is 25.3. The summed E-state index contributed by atoms with van der Waals surface area (Å²) in [5.41, 5.74) is 8.19. The van der Waals surface area contributed by atoms with Crippen molar-refractivity contribution in [1.82, 2.24) is 30.7 Å². The lowest BCUT2D eigenvalue weighted by atomic mass is 10.1. The van der Waals surface area contributed by atoms with Crippen LogP contribution in [0.15, 0.2) is 48.7 Å². The number of aromatic nitrogens is 3. The number of rotatable bonds is 11. The van der Waals surface area contributed by atoms with Gasteiger partial charge in [0, 0.05) is 32.4 Å². The van der Waals surface area contributed by atoms with E-state index in [4.69, 9.17) is 5.73 Å². The molecular formula is C25H31FN8O2. The maximum atomic E-state index is 13.5. The molecule has 2 amide bonds. The van der Waals surface area contributed by atoms with Gasteiger partial charge in [0.05, 0.1) is 29.5 Å². The normalized spacial score (nSPS) is 15.7. The number of carbonyl (C=O) groups excluding carboxylic acids is 2. The predicted octanol–water partition coefficient (Wildman–Crippen LogP) is 1.14. The molecule has 2 aromatic heterocycles. The number of anilines is 1. The molecule has 1 aliphatic rings. The van der Waals surface area contributed by atoms with Gasteiger partial charge in [0.25, 0.3) is 5.91 Å². The summed E-state index contributed by atoms with van der Waals surface area (Å²) in [4.78, 5) is 31.9. The summed E-state index contributed by atoms with van der Waals surface area (Å²) < 4.78 is 13.5. The highest BCUT2D eigenvalue weighted by Crippen LogP contribution is 2.21. The maximum Gasteiger partial charge on any atom is 0.255 e. The Morgan fingerprint density at radius 1 is 1.25 bits per heavy atom. The minimum absolute atomic E-state index is 0.000713. The van der Waals surface area contributed by atoms with Gasteiger partial charge in [-0.25, -0.2) is 9.37 Å². The molecule has 3 heterocycles. The second-order valence-electron chi connectivity index (χ2n) is 8.59. The van der Waals surface area contributed by atoms with E-state index in [0.29, 0.717) is 62.6 Å². The molecule has 11 heteroatoms. The van der Waals surface area contributed by atoms with Crippen molar-refractivity contribution in [1.29, 1.82) is 0 Å². The topological polar surface area (TPSA) is 141 Å². The summed E-state index contributed by atoms with van der Waals surface area (Å²) in [5, 5.41) is 16.1. The van der Waals surface area contributed by atoms with Gasteiger partial charge in [-0.1, -0.05) is 12.1 Å². The minimum Gasteiger partial charge on any atom is -0.369 e. The highest BCUT2D eigenvalue weighted by molar-refractivity contribution is 5.99. The van der Waals surface area contributed by atoms with Crippen LogP contribution in [0.5, 0.6) is 0 Å². The number of H-pyrrole nitrogens is 1. The largest absolute Gasteiger partial charge is 0.369 e. The number of benzene rings is 1. The molecule has 1 aliphatic heterocycles. The number of nitrogens with one attached hydrogen (secondary N) is 4. The summed E-state index contributed by atoms with van der Waals surface area (Å²) in [6.07, 6.45) is 2.89. The Kier molecular flexibility index (Phi) is 8.58. The lowest BCUT2D eigenvalue weighted by molar-refractivity contribution is -0.134. The highest BCUT2D eigenvalue weighted by atomic mass is 19.1. The molecule has 1 aromatic carbocycles. The van der Waals surface area contributed by atoms with E-state index in [1.54, 1.807) is 35.4 Å². The molecule has 4 rings (SSSR count). The van der Waals surface area contributed by atoms with E-state index in [-0.39, 0.29) is 30.2 Å². The number of aromatic amines is 1. The number of hydrogen-bond acceptors (Lipinski definition) is 7. The molecule has 36 heavy (non-hydrogen) atoms. The van der Waals surface area contributed by atoms with Crippen molar-refractivity contribution in [3.05, 3.63) is 65.6 Å². The average molecular weight is 495 g/mol. The zero-order valence-electron chi connectivity index (χ0n) is 20.0. The molecule has 0 unspecified atom stereocenters. The minimum atomic E-state index is -0.302. The van der Waals surface area contributed by atoms with Crippen molar-refractivity contribution in [3.63, 3.8) is 0 Å². The number of hydrogen-bond donors (Lipinski definition) is 5. The molecule has 0 saturated carbocycles. The van der Waals surface area contributed by atoms with Crippen LogP contribution in [0.25, 0.3) is 11.4 Å². The fourth-order valence-corrected chi connectivity index (χ4v) is 4.16. The second kappa shape index (κ2) is 12.2. The summed E-state index contributed by atoms with van der Waals surface area (Å²) in [7, 11) is 0. The molecule has 0 aliphatic carbocycles. The molecule has 0 radical (unpaired) electrons. The van der Waals surface area contributed by atoms with Crippen molar-refractivity contribution in [2.75, 3.05) is 44.6 Å². The van der Waals surface area contributed by atoms with Crippen LogP contribution < -0.4 is 21.7 Å². The Balaban J connectivity index is 1.46. The summed E-state index contributed by atoms with van der Waals surface area (Å²) in [6, 6.07) is 11.5. The van der Waals surface area contributed by atoms with Crippen LogP contribution in [0.1, 0.15) is 22.3 Å². The molecule has 6 N–H and O–H groups in total. The second-order valence-corrected chi connectivity index (χ2v) is 8.59. The van der Waals surface area contributed by atoms with Gasteiger partial charge in [-0.2, -0.15) is 5.10 Å². The first-order chi connectivity index (χ1) is 17.5. The van der Waals surface area contributed by atoms with Crippen LogP contribution in [0.2, 0.25) is 0 Å². The fourth-order valence-electron chi connectivity index (χ4n) is 4.16. The first-order valence-corrected chi connectivity index (χ1v) is 12.0. The molecule has 1 atom stereocenters. The fraction of sp³-hybridized carbons (Fsp3) is 0.360. The van der Waals surface area contributed by atoms with Gasteiger partial charge in [-0.15, -0.1) is 0 Å². The van der Waals surface area contributed by atoms with Crippen LogP contribution in [0.3, 0.4) is 0 Å². The molecule has 0 spiro atoms. The zero-order valence-corrected chi connectivity index (χ0v) is 20.0. The summed E-state index contributed by atoms with van der Waals surface area (Å²) >= 11 is 0. The van der Waals surface area contributed by atoms with Crippen LogP contribution in [0, 0.1) is 5.82 Å². The third-order valence-electron chi connectivity index (χ3n) is 6.03. The number of carbonyl (C=O) groups is 2. The molecule has 1 saturated heterocycles. The lowest BCUT2D eigenvalue weighted by Gasteiger charge is -2.36. The van der Waals surface area contributed by atoms with Gasteiger partial charge in [0.15, 0.2) is 0 Å². The van der Waals surface area contributed by atoms with Gasteiger partial charge < -0.3 is 26.6 Å². The van der Waals surface area contributed by atoms with E-state index >= 15 is 0 Å². The Labute approximate surface area is 208 Å². The van der Waals surface area contributed by atoms with E-state index in [9.17, 15) is 14.0 Å². The Morgan fingerprint density at radius 3 is 2.92 bits per heavy atom. The summed E-state index contributed by atoms with van der Waals surface area (Å²) in [6.45, 7) is 2.68. The van der Waals surface area contributed by atoms with Crippen molar-refractivity contribution in [2.24, 2.45) is 5.73 Å². The molecule has 10 nitrogen and oxygen atoms in total. The van der Waals surface area contributed by atoms with Crippen molar-refractivity contribution in [2.45, 2.75) is 18.9 Å². The maximum absolute atomic E-state index is 13.5. The van der Waals surface area contributed by atoms with Gasteiger partial charge in [-0.05, 0) is 55.3 Å². The number of nitrogens with two attached hydrogens (primary N) is 1. The summed E-state index contributed by atoms with van der Waals surface area (Å²) in [5.74, 6) is -0.181. The van der Waals surface area contributed by atoms with Gasteiger partial charge in [-0.3, -0.25) is 14.7 Å². The van der Waals surface area contributed by atoms with Gasteiger partial charge in [0.1, 0.15) is 11.6 Å². The van der Waals surface area contributed by atoms with E-state index in [1.165, 1.54) is 12.1 Å². The Morgan fingerprint density at radius 2 is 2.14 bits per heavy atom. The number of piperazine rings is 1.